The van der Waals surface area contributed by atoms with Crippen molar-refractivity contribution in [1.29, 1.82) is 0 Å². The van der Waals surface area contributed by atoms with Crippen LogP contribution in [0, 0.1) is 10.8 Å². The van der Waals surface area contributed by atoms with Crippen LogP contribution in [-0.4, -0.2) is 46.9 Å². The zero-order valence-electron chi connectivity index (χ0n) is 20.5. The molecule has 1 aromatic carbocycles. The first kappa shape index (κ1) is 23.8. The second-order valence-corrected chi connectivity index (χ2v) is 11.5. The van der Waals surface area contributed by atoms with E-state index in [0.717, 1.165) is 61.5 Å². The topological polar surface area (TPSA) is 91.2 Å². The van der Waals surface area contributed by atoms with E-state index < -0.39 is 6.04 Å². The van der Waals surface area contributed by atoms with Gasteiger partial charge < -0.3 is 20.9 Å². The number of aromatic nitrogens is 1. The van der Waals surface area contributed by atoms with Gasteiger partial charge in [0.05, 0.1) is 0 Å². The average molecular weight is 453 g/mol. The number of unbranched alkanes of at least 4 members (excludes halogenated alkanes) is 2. The van der Waals surface area contributed by atoms with E-state index in [9.17, 15) is 9.59 Å². The maximum atomic E-state index is 13.9. The monoisotopic (exact) mass is 452 g/mol. The molecule has 1 aromatic heterocycles. The smallest absolute Gasteiger partial charge is 0.245 e. The van der Waals surface area contributed by atoms with Crippen LogP contribution in [0.1, 0.15) is 71.3 Å². The molecule has 3 unspecified atom stereocenters. The summed E-state index contributed by atoms with van der Waals surface area (Å²) in [4.78, 5) is 32.1. The normalized spacial score (nSPS) is 24.7. The van der Waals surface area contributed by atoms with Crippen molar-refractivity contribution in [3.63, 3.8) is 0 Å². The number of carbonyl (C=O) groups excluding carboxylic acids is 2. The lowest BCUT2D eigenvalue weighted by Crippen LogP contribution is -2.51. The Morgan fingerprint density at radius 2 is 1.97 bits per heavy atom. The summed E-state index contributed by atoms with van der Waals surface area (Å²) in [7, 11) is 0. The minimum Gasteiger partial charge on any atom is -0.361 e. The van der Waals surface area contributed by atoms with Crippen LogP contribution in [0.4, 0.5) is 0 Å². The molecule has 180 valence electrons. The summed E-state index contributed by atoms with van der Waals surface area (Å²) in [6.45, 7) is 8.39. The van der Waals surface area contributed by atoms with Gasteiger partial charge >= 0.3 is 0 Å². The van der Waals surface area contributed by atoms with Crippen molar-refractivity contribution in [2.45, 2.75) is 84.2 Å². The molecule has 2 aliphatic rings. The van der Waals surface area contributed by atoms with Crippen LogP contribution in [0.2, 0.25) is 0 Å². The van der Waals surface area contributed by atoms with E-state index in [1.54, 1.807) is 0 Å². The van der Waals surface area contributed by atoms with Gasteiger partial charge in [-0.05, 0) is 61.1 Å². The number of aromatic amines is 1. The molecule has 1 aliphatic heterocycles. The molecule has 4 N–H and O–H groups in total. The standard InChI is InChI=1S/C27H40N4O2/c1-26(2)14-20-15-27(3,17-26)18-31(20)25(33)23(30-24(32)11-5-4-8-12-28)13-19-16-29-22-10-7-6-9-21(19)22/h6-7,9-10,16,20,23,29H,4-5,8,11-15,17-18,28H2,1-3H3,(H,30,32). The lowest BCUT2D eigenvalue weighted by molar-refractivity contribution is -0.137. The van der Waals surface area contributed by atoms with Gasteiger partial charge in [0, 0.05) is 42.5 Å². The quantitative estimate of drug-likeness (QED) is 0.499. The van der Waals surface area contributed by atoms with Crippen molar-refractivity contribution < 1.29 is 9.59 Å². The van der Waals surface area contributed by atoms with Gasteiger partial charge in [-0.3, -0.25) is 9.59 Å². The number of hydrogen-bond acceptors (Lipinski definition) is 3. The van der Waals surface area contributed by atoms with Crippen LogP contribution in [0.5, 0.6) is 0 Å². The Bertz CT molecular complexity index is 997. The van der Waals surface area contributed by atoms with Gasteiger partial charge in [0.25, 0.3) is 0 Å². The molecule has 33 heavy (non-hydrogen) atoms. The van der Waals surface area contributed by atoms with E-state index in [1.165, 1.54) is 0 Å². The lowest BCUT2D eigenvalue weighted by Gasteiger charge is -2.39. The molecule has 6 nitrogen and oxygen atoms in total. The molecule has 6 heteroatoms. The molecule has 0 spiro atoms. The van der Waals surface area contributed by atoms with Gasteiger partial charge in [-0.2, -0.15) is 0 Å². The number of hydrogen-bond donors (Lipinski definition) is 3. The van der Waals surface area contributed by atoms with Crippen LogP contribution in [0.25, 0.3) is 10.9 Å². The first-order valence-electron chi connectivity index (χ1n) is 12.5. The van der Waals surface area contributed by atoms with Crippen LogP contribution in [0.3, 0.4) is 0 Å². The second kappa shape index (κ2) is 9.49. The minimum atomic E-state index is -0.544. The van der Waals surface area contributed by atoms with Gasteiger partial charge in [-0.25, -0.2) is 0 Å². The Hall–Kier alpha value is -2.34. The van der Waals surface area contributed by atoms with E-state index in [0.29, 0.717) is 19.4 Å². The average Bonchev–Trinajstić information content (AvgIpc) is 3.27. The summed E-state index contributed by atoms with van der Waals surface area (Å²) in [5.41, 5.74) is 8.11. The number of H-pyrrole nitrogens is 1. The second-order valence-electron chi connectivity index (χ2n) is 11.5. The molecule has 0 radical (unpaired) electrons. The lowest BCUT2D eigenvalue weighted by atomic mass is 9.65. The fraction of sp³-hybridized carbons (Fsp3) is 0.630. The Balaban J connectivity index is 1.53. The fourth-order valence-corrected chi connectivity index (χ4v) is 6.51. The third-order valence-electron chi connectivity index (χ3n) is 7.54. The predicted octanol–water partition coefficient (Wildman–Crippen LogP) is 4.14. The number of amides is 2. The number of nitrogens with zero attached hydrogens (tertiary/aromatic N) is 1. The molecule has 2 fully saturated rings. The molecular formula is C27H40N4O2. The molecule has 1 saturated heterocycles. The van der Waals surface area contributed by atoms with Gasteiger partial charge in [0.1, 0.15) is 6.04 Å². The molecule has 1 aliphatic carbocycles. The zero-order chi connectivity index (χ0) is 23.6. The van der Waals surface area contributed by atoms with Gasteiger partial charge in [0.15, 0.2) is 0 Å². The molecule has 1 saturated carbocycles. The van der Waals surface area contributed by atoms with Gasteiger partial charge in [-0.15, -0.1) is 0 Å². The number of nitrogens with two attached hydrogens (primary N) is 1. The number of rotatable bonds is 9. The Morgan fingerprint density at radius 1 is 1.18 bits per heavy atom. The predicted molar refractivity (Wildman–Crippen MR) is 133 cm³/mol. The van der Waals surface area contributed by atoms with Crippen molar-refractivity contribution in [3.05, 3.63) is 36.0 Å². The molecule has 2 amide bonds. The molecule has 2 bridgehead atoms. The highest BCUT2D eigenvalue weighted by Crippen LogP contribution is 2.52. The summed E-state index contributed by atoms with van der Waals surface area (Å²) in [6, 6.07) is 7.85. The van der Waals surface area contributed by atoms with Crippen LogP contribution in [-0.2, 0) is 16.0 Å². The summed E-state index contributed by atoms with van der Waals surface area (Å²) < 4.78 is 0. The molecular weight excluding hydrogens is 412 g/mol. The molecule has 3 atom stereocenters. The molecule has 4 rings (SSSR count). The molecule has 2 heterocycles. The SMILES string of the molecule is CC1(C)CC2CC(C)(CN2C(=O)C(Cc2c[nH]c3ccccc23)NC(=O)CCCCCN)C1. The number of carbonyl (C=O) groups is 2. The van der Waals surface area contributed by atoms with Gasteiger partial charge in [-0.1, -0.05) is 45.4 Å². The molecule has 2 aromatic rings. The first-order chi connectivity index (χ1) is 15.7. The number of likely N-dealkylation sites (tertiary alicyclic amines) is 1. The third kappa shape index (κ3) is 5.43. The highest BCUT2D eigenvalue weighted by molar-refractivity contribution is 5.90. The van der Waals surface area contributed by atoms with Crippen LogP contribution < -0.4 is 11.1 Å². The van der Waals surface area contributed by atoms with E-state index in [4.69, 9.17) is 5.73 Å². The van der Waals surface area contributed by atoms with Crippen molar-refractivity contribution in [1.82, 2.24) is 15.2 Å². The summed E-state index contributed by atoms with van der Waals surface area (Å²) in [5.74, 6) is 0.0286. The number of fused-ring (bicyclic) bond motifs is 3. The number of benzene rings is 1. The summed E-state index contributed by atoms with van der Waals surface area (Å²) in [5, 5.41) is 4.22. The zero-order valence-corrected chi connectivity index (χ0v) is 20.5. The minimum absolute atomic E-state index is 0.0427. The van der Waals surface area contributed by atoms with E-state index in [2.05, 4.69) is 42.0 Å². The Morgan fingerprint density at radius 3 is 2.76 bits per heavy atom. The van der Waals surface area contributed by atoms with Gasteiger partial charge in [0.2, 0.25) is 11.8 Å². The van der Waals surface area contributed by atoms with Crippen LogP contribution in [0.15, 0.2) is 30.5 Å². The maximum Gasteiger partial charge on any atom is 0.245 e. The van der Waals surface area contributed by atoms with Crippen molar-refractivity contribution >= 4 is 22.7 Å². The number of para-hydroxylation sites is 1. The van der Waals surface area contributed by atoms with Crippen molar-refractivity contribution in [2.75, 3.05) is 13.1 Å². The number of nitrogens with one attached hydrogen (secondary N) is 2. The summed E-state index contributed by atoms with van der Waals surface area (Å²) in [6.07, 6.45) is 8.81. The van der Waals surface area contributed by atoms with E-state index in [-0.39, 0.29) is 28.7 Å². The third-order valence-corrected chi connectivity index (χ3v) is 7.54. The van der Waals surface area contributed by atoms with Crippen LogP contribution >= 0.6 is 0 Å². The van der Waals surface area contributed by atoms with Crippen molar-refractivity contribution in [3.8, 4) is 0 Å². The summed E-state index contributed by atoms with van der Waals surface area (Å²) >= 11 is 0. The largest absolute Gasteiger partial charge is 0.361 e. The highest BCUT2D eigenvalue weighted by atomic mass is 16.2. The highest BCUT2D eigenvalue weighted by Gasteiger charge is 2.51. The first-order valence-corrected chi connectivity index (χ1v) is 12.5. The van der Waals surface area contributed by atoms with E-state index >= 15 is 0 Å². The Kier molecular flexibility index (Phi) is 6.85. The fourth-order valence-electron chi connectivity index (χ4n) is 6.51. The Labute approximate surface area is 197 Å². The maximum absolute atomic E-state index is 13.9. The van der Waals surface area contributed by atoms with Crippen molar-refractivity contribution in [2.24, 2.45) is 16.6 Å². The van der Waals surface area contributed by atoms with E-state index in [1.807, 2.05) is 24.4 Å².